The molecule has 0 bridgehead atoms. The number of fused-ring (bicyclic) bond motifs is 6. The van der Waals surface area contributed by atoms with Crippen LogP contribution in [-0.4, -0.2) is 9.97 Å². The van der Waals surface area contributed by atoms with E-state index in [4.69, 9.17) is 8.83 Å². The molecule has 0 fully saturated rings. The normalized spacial score (nSPS) is 11.0. The number of rotatable bonds is 4. The second kappa shape index (κ2) is 12.9. The van der Waals surface area contributed by atoms with Crippen molar-refractivity contribution in [1.82, 2.24) is 9.97 Å². The van der Waals surface area contributed by atoms with Crippen molar-refractivity contribution < 1.29 is 28.9 Å². The van der Waals surface area contributed by atoms with Gasteiger partial charge in [-0.2, -0.15) is 0 Å². The molecule has 0 aliphatic carbocycles. The van der Waals surface area contributed by atoms with E-state index >= 15 is 0 Å². The molecular formula is C41H26IrN2O2-2. The molecule has 4 aromatic heterocycles. The van der Waals surface area contributed by atoms with Gasteiger partial charge in [0.2, 0.25) is 0 Å². The van der Waals surface area contributed by atoms with Gasteiger partial charge in [-0.15, -0.1) is 36.4 Å². The number of para-hydroxylation sites is 2. The fourth-order valence-corrected chi connectivity index (χ4v) is 5.82. The van der Waals surface area contributed by atoms with Crippen molar-refractivity contribution in [2.24, 2.45) is 0 Å². The summed E-state index contributed by atoms with van der Waals surface area (Å²) in [5.74, 6) is 0. The van der Waals surface area contributed by atoms with Gasteiger partial charge in [-0.1, -0.05) is 107 Å². The molecule has 0 unspecified atom stereocenters. The van der Waals surface area contributed by atoms with Gasteiger partial charge in [0.05, 0.1) is 11.2 Å². The molecule has 46 heavy (non-hydrogen) atoms. The Morgan fingerprint density at radius 3 is 1.67 bits per heavy atom. The van der Waals surface area contributed by atoms with Crippen LogP contribution in [0, 0.1) is 12.1 Å². The number of pyridine rings is 2. The predicted octanol–water partition coefficient (Wildman–Crippen LogP) is 10.5. The average molecular weight is 771 g/mol. The Morgan fingerprint density at radius 2 is 1.04 bits per heavy atom. The van der Waals surface area contributed by atoms with Crippen molar-refractivity contribution in [3.05, 3.63) is 169 Å². The fraction of sp³-hybridized carbons (Fsp3) is 0.0244. The molecular weight excluding hydrogens is 745 g/mol. The summed E-state index contributed by atoms with van der Waals surface area (Å²) in [6.45, 7) is 0. The third-order valence-electron chi connectivity index (χ3n) is 7.93. The summed E-state index contributed by atoms with van der Waals surface area (Å²) in [5, 5.41) is 4.46. The van der Waals surface area contributed by atoms with Gasteiger partial charge in [-0.05, 0) is 53.2 Å². The molecule has 4 nitrogen and oxygen atoms in total. The summed E-state index contributed by atoms with van der Waals surface area (Å²) in [6.07, 6.45) is 4.53. The quantitative estimate of drug-likeness (QED) is 0.167. The van der Waals surface area contributed by atoms with Crippen molar-refractivity contribution in [1.29, 1.82) is 0 Å². The van der Waals surface area contributed by atoms with Crippen molar-refractivity contribution in [3.8, 4) is 22.5 Å². The zero-order valence-corrected chi connectivity index (χ0v) is 27.0. The fourth-order valence-electron chi connectivity index (χ4n) is 5.82. The van der Waals surface area contributed by atoms with E-state index in [0.29, 0.717) is 0 Å². The van der Waals surface area contributed by atoms with Crippen LogP contribution in [0.2, 0.25) is 0 Å². The smallest absolute Gasteiger partial charge is 0.120 e. The Bertz CT molecular complexity index is 2410. The average Bonchev–Trinajstić information content (AvgIpc) is 3.68. The molecule has 223 valence electrons. The Morgan fingerprint density at radius 1 is 0.478 bits per heavy atom. The van der Waals surface area contributed by atoms with Crippen molar-refractivity contribution in [2.75, 3.05) is 0 Å². The summed E-state index contributed by atoms with van der Waals surface area (Å²) in [7, 11) is 0. The maximum atomic E-state index is 6.12. The van der Waals surface area contributed by atoms with Crippen LogP contribution in [0.5, 0.6) is 0 Å². The van der Waals surface area contributed by atoms with E-state index in [1.807, 2.05) is 85.1 Å². The number of furan rings is 2. The van der Waals surface area contributed by atoms with Gasteiger partial charge in [0.15, 0.2) is 0 Å². The van der Waals surface area contributed by atoms with Crippen LogP contribution in [-0.2, 0) is 26.5 Å². The van der Waals surface area contributed by atoms with E-state index in [1.165, 1.54) is 11.1 Å². The van der Waals surface area contributed by atoms with Crippen molar-refractivity contribution >= 4 is 43.9 Å². The van der Waals surface area contributed by atoms with E-state index in [1.54, 1.807) is 6.20 Å². The molecule has 5 heteroatoms. The number of nitrogens with zero attached hydrogens (tertiary/aromatic N) is 2. The van der Waals surface area contributed by atoms with Gasteiger partial charge in [0, 0.05) is 43.3 Å². The molecule has 0 atom stereocenters. The summed E-state index contributed by atoms with van der Waals surface area (Å²) in [5.41, 5.74) is 9.59. The van der Waals surface area contributed by atoms with E-state index in [9.17, 15) is 0 Å². The minimum atomic E-state index is 0. The molecule has 5 aromatic carbocycles. The molecule has 9 aromatic rings. The Balaban J connectivity index is 0.000000150. The molecule has 0 amide bonds. The van der Waals surface area contributed by atoms with Crippen LogP contribution in [0.4, 0.5) is 0 Å². The van der Waals surface area contributed by atoms with Crippen LogP contribution in [0.1, 0.15) is 11.1 Å². The summed E-state index contributed by atoms with van der Waals surface area (Å²) in [4.78, 5) is 8.96. The Labute approximate surface area is 279 Å². The van der Waals surface area contributed by atoms with Gasteiger partial charge in [-0.25, -0.2) is 0 Å². The molecule has 0 saturated carbocycles. The van der Waals surface area contributed by atoms with Gasteiger partial charge in [0.25, 0.3) is 0 Å². The second-order valence-corrected chi connectivity index (χ2v) is 10.8. The standard InChI is InChI=1S/C24H16NO.C17H10NO.Ir/c1-2-7-17(8-3-1)15-18-13-14-25-22(16-18)21-11-6-10-20-19-9-4-5-12-23(19)26-24(20)21;1-2-10-16-12(6-1)13-7-5-8-14(17(13)19-16)15-9-3-4-11-18-15;/h1-10,12-14,16H,15H2;1-7,9-11H;/q2*-1;. The molecule has 0 spiro atoms. The van der Waals surface area contributed by atoms with Gasteiger partial charge in [0.1, 0.15) is 11.2 Å². The van der Waals surface area contributed by atoms with E-state index < -0.39 is 0 Å². The predicted molar refractivity (Wildman–Crippen MR) is 181 cm³/mol. The third kappa shape index (κ3) is 5.63. The molecule has 4 heterocycles. The monoisotopic (exact) mass is 771 g/mol. The molecule has 0 aliphatic rings. The largest absolute Gasteiger partial charge is 0.501 e. The van der Waals surface area contributed by atoms with Crippen LogP contribution >= 0.6 is 0 Å². The van der Waals surface area contributed by atoms with Gasteiger partial charge < -0.3 is 18.8 Å². The third-order valence-corrected chi connectivity index (χ3v) is 7.93. The molecule has 0 aliphatic heterocycles. The first-order valence-corrected chi connectivity index (χ1v) is 14.9. The summed E-state index contributed by atoms with van der Waals surface area (Å²) in [6, 6.07) is 51.2. The van der Waals surface area contributed by atoms with Crippen LogP contribution in [0.3, 0.4) is 0 Å². The first kappa shape index (κ1) is 29.4. The van der Waals surface area contributed by atoms with E-state index in [-0.39, 0.29) is 20.1 Å². The number of benzene rings is 5. The number of hydrogen-bond acceptors (Lipinski definition) is 4. The number of aromatic nitrogens is 2. The first-order chi connectivity index (χ1) is 22.3. The van der Waals surface area contributed by atoms with Gasteiger partial charge >= 0.3 is 0 Å². The first-order valence-electron chi connectivity index (χ1n) is 14.9. The SMILES string of the molecule is [Ir].[c-]1ccc2c(oc3ccccc32)c1-c1cc(Cc2ccccc2)ccn1.[c-]1ccc2c(oc3ccccc32)c1-c1ccccn1. The Kier molecular flexibility index (Phi) is 8.26. The van der Waals surface area contributed by atoms with Crippen LogP contribution in [0.25, 0.3) is 66.4 Å². The van der Waals surface area contributed by atoms with E-state index in [2.05, 4.69) is 76.7 Å². The maximum absolute atomic E-state index is 6.12. The van der Waals surface area contributed by atoms with Gasteiger partial charge in [-0.3, -0.25) is 0 Å². The maximum Gasteiger partial charge on any atom is 0.120 e. The zero-order chi connectivity index (χ0) is 30.0. The molecule has 1 radical (unpaired) electrons. The molecule has 0 saturated heterocycles. The van der Waals surface area contributed by atoms with Crippen molar-refractivity contribution in [2.45, 2.75) is 6.42 Å². The topological polar surface area (TPSA) is 52.1 Å². The minimum absolute atomic E-state index is 0. The second-order valence-electron chi connectivity index (χ2n) is 10.8. The van der Waals surface area contributed by atoms with Crippen molar-refractivity contribution in [3.63, 3.8) is 0 Å². The van der Waals surface area contributed by atoms with Crippen LogP contribution < -0.4 is 0 Å². The number of hydrogen-bond donors (Lipinski definition) is 0. The zero-order valence-electron chi connectivity index (χ0n) is 24.6. The summed E-state index contributed by atoms with van der Waals surface area (Å²) < 4.78 is 12.1. The molecule has 9 rings (SSSR count). The molecule has 0 N–H and O–H groups in total. The Hall–Kier alpha value is -5.35. The van der Waals surface area contributed by atoms with E-state index in [0.717, 1.165) is 72.8 Å². The minimum Gasteiger partial charge on any atom is -0.501 e. The summed E-state index contributed by atoms with van der Waals surface area (Å²) >= 11 is 0. The van der Waals surface area contributed by atoms with Crippen LogP contribution in [0.15, 0.2) is 155 Å².